The lowest BCUT2D eigenvalue weighted by Gasteiger charge is -2.30. The fourth-order valence-corrected chi connectivity index (χ4v) is 12.4. The number of hydrogen-bond donors (Lipinski definition) is 0. The van der Waals surface area contributed by atoms with E-state index in [1.807, 2.05) is 0 Å². The first-order chi connectivity index (χ1) is 29.5. The van der Waals surface area contributed by atoms with Crippen molar-refractivity contribution in [2.45, 2.75) is 44.7 Å². The highest BCUT2D eigenvalue weighted by Gasteiger charge is 2.51. The smallest absolute Gasteiger partial charge is 0.164 e. The summed E-state index contributed by atoms with van der Waals surface area (Å²) in [7, 11) is -3.31. The molecule has 5 heteroatoms. The van der Waals surface area contributed by atoms with E-state index in [9.17, 15) is 0 Å². The first kappa shape index (κ1) is 37.5. The number of rotatable bonds is 6. The summed E-state index contributed by atoms with van der Waals surface area (Å²) < 4.78 is 0. The zero-order valence-corrected chi connectivity index (χ0v) is 37.6. The van der Waals surface area contributed by atoms with E-state index >= 15 is 0 Å². The predicted octanol–water partition coefficient (Wildman–Crippen LogP) is 13.1. The summed E-state index contributed by atoms with van der Waals surface area (Å²) in [5.41, 5.74) is 15.7. The Hall–Kier alpha value is -6.54. The molecule has 1 aromatic heterocycles. The lowest BCUT2D eigenvalue weighted by molar-refractivity contribution is 0.794. The summed E-state index contributed by atoms with van der Waals surface area (Å²) in [6, 6.07) is 65.0. The van der Waals surface area contributed by atoms with Gasteiger partial charge >= 0.3 is 0 Å². The highest BCUT2D eigenvalue weighted by molar-refractivity contribution is 6.91. The first-order valence-corrected chi connectivity index (χ1v) is 28.4. The maximum atomic E-state index is 5.30. The number of aromatic nitrogens is 3. The van der Waals surface area contributed by atoms with E-state index in [1.165, 1.54) is 65.8 Å². The second-order valence-corrected chi connectivity index (χ2v) is 29.0. The van der Waals surface area contributed by atoms with Gasteiger partial charge in [0.25, 0.3) is 0 Å². The van der Waals surface area contributed by atoms with Gasteiger partial charge < -0.3 is 0 Å². The third-order valence-electron chi connectivity index (χ3n) is 13.1. The van der Waals surface area contributed by atoms with Crippen molar-refractivity contribution in [3.8, 4) is 67.5 Å². The molecule has 0 saturated heterocycles. The zero-order chi connectivity index (χ0) is 41.7. The highest BCUT2D eigenvalue weighted by Crippen LogP contribution is 2.63. The van der Waals surface area contributed by atoms with Crippen molar-refractivity contribution >= 4 is 37.3 Å². The molecule has 8 aromatic carbocycles. The predicted molar refractivity (Wildman–Crippen MR) is 261 cm³/mol. The Morgan fingerprint density at radius 2 is 0.770 bits per heavy atom. The van der Waals surface area contributed by atoms with Crippen molar-refractivity contribution in [3.63, 3.8) is 0 Å². The van der Waals surface area contributed by atoms with Crippen molar-refractivity contribution in [1.29, 1.82) is 0 Å². The molecule has 1 heterocycles. The summed E-state index contributed by atoms with van der Waals surface area (Å²) in [6.45, 7) is 14.5. The Morgan fingerprint density at radius 3 is 1.36 bits per heavy atom. The lowest BCUT2D eigenvalue weighted by Crippen LogP contribution is -2.45. The first-order valence-electron chi connectivity index (χ1n) is 21.4. The molecule has 0 radical (unpaired) electrons. The Labute approximate surface area is 360 Å². The quantitative estimate of drug-likeness (QED) is 0.157. The molecule has 0 saturated carbocycles. The average molecular weight is 818 g/mol. The molecule has 1 spiro atoms. The lowest BCUT2D eigenvalue weighted by atomic mass is 9.70. The van der Waals surface area contributed by atoms with E-state index in [2.05, 4.69) is 215 Å². The fourth-order valence-electron chi connectivity index (χ4n) is 9.88. The molecule has 0 amide bonds. The fraction of sp³-hybridized carbons (Fsp3) is 0.125. The van der Waals surface area contributed by atoms with Gasteiger partial charge in [-0.15, -0.1) is 0 Å². The van der Waals surface area contributed by atoms with Crippen molar-refractivity contribution in [1.82, 2.24) is 15.0 Å². The van der Waals surface area contributed by atoms with Gasteiger partial charge in [0.15, 0.2) is 17.5 Å². The van der Waals surface area contributed by atoms with Crippen molar-refractivity contribution in [2.75, 3.05) is 0 Å². The van der Waals surface area contributed by atoms with Gasteiger partial charge in [-0.1, -0.05) is 220 Å². The number of fused-ring (bicyclic) bond motifs is 11. The molecule has 0 N–H and O–H groups in total. The van der Waals surface area contributed by atoms with Crippen LogP contribution in [0.25, 0.3) is 78.3 Å². The minimum absolute atomic E-state index is 0.378. The van der Waals surface area contributed by atoms with Gasteiger partial charge in [-0.2, -0.15) is 0 Å². The Bertz CT molecular complexity index is 3120. The van der Waals surface area contributed by atoms with Gasteiger partial charge in [-0.25, -0.2) is 15.0 Å². The number of hydrogen-bond acceptors (Lipinski definition) is 3. The largest absolute Gasteiger partial charge is 0.208 e. The van der Waals surface area contributed by atoms with Gasteiger partial charge in [0, 0.05) is 16.7 Å². The third-order valence-corrected chi connectivity index (χ3v) is 17.1. The summed E-state index contributed by atoms with van der Waals surface area (Å²) in [4.78, 5) is 15.8. The molecule has 0 unspecified atom stereocenters. The van der Waals surface area contributed by atoms with E-state index in [0.29, 0.717) is 11.6 Å². The van der Waals surface area contributed by atoms with Crippen LogP contribution in [0.4, 0.5) is 0 Å². The van der Waals surface area contributed by atoms with Gasteiger partial charge in [0.05, 0.1) is 21.6 Å². The Balaban J connectivity index is 1.06. The molecule has 294 valence electrons. The second-order valence-electron chi connectivity index (χ2n) is 18.9. The number of benzene rings is 8. The van der Waals surface area contributed by atoms with Crippen LogP contribution in [0.5, 0.6) is 0 Å². The van der Waals surface area contributed by atoms with Crippen LogP contribution in [0, 0.1) is 0 Å². The van der Waals surface area contributed by atoms with E-state index in [-0.39, 0.29) is 5.41 Å². The van der Waals surface area contributed by atoms with Crippen LogP contribution in [0.1, 0.15) is 22.3 Å². The number of nitrogens with zero attached hydrogens (tertiary/aromatic N) is 3. The molecule has 9 aromatic rings. The normalized spacial score (nSPS) is 13.5. The van der Waals surface area contributed by atoms with Crippen molar-refractivity contribution < 1.29 is 0 Å². The van der Waals surface area contributed by atoms with E-state index in [1.54, 1.807) is 0 Å². The molecule has 11 rings (SSSR count). The van der Waals surface area contributed by atoms with Gasteiger partial charge in [-0.3, -0.25) is 0 Å². The maximum absolute atomic E-state index is 5.30. The van der Waals surface area contributed by atoms with E-state index in [4.69, 9.17) is 15.0 Å². The van der Waals surface area contributed by atoms with Crippen LogP contribution in [0.3, 0.4) is 0 Å². The molecule has 2 aliphatic carbocycles. The summed E-state index contributed by atoms with van der Waals surface area (Å²) in [5, 5.41) is 5.16. The van der Waals surface area contributed by atoms with Crippen LogP contribution in [0.2, 0.25) is 39.3 Å². The van der Waals surface area contributed by atoms with E-state index < -0.39 is 16.1 Å². The molecule has 3 nitrogen and oxygen atoms in total. The molecular weight excluding hydrogens is 771 g/mol. The van der Waals surface area contributed by atoms with Crippen molar-refractivity contribution in [3.05, 3.63) is 198 Å². The molecule has 0 fully saturated rings. The Morgan fingerprint density at radius 1 is 0.328 bits per heavy atom. The maximum Gasteiger partial charge on any atom is 0.164 e. The minimum Gasteiger partial charge on any atom is -0.208 e. The molecule has 61 heavy (non-hydrogen) atoms. The standard InChI is InChI=1S/C56H47N3Si2/c1-60(2,3)41-32-40(33-42(35-41)61(4,5)6)54-57-53(58-55(59-54)48-22-15-17-37-16-7-8-18-43(37)48)38-28-26-36(27-29-38)39-30-31-47-46-21-11-14-25-51(46)56(52(47)34-39)49-23-12-9-19-44(49)45-20-10-13-24-50(45)56/h7-35H,1-6H3. The summed E-state index contributed by atoms with van der Waals surface area (Å²) in [5.74, 6) is 2.08. The second kappa shape index (κ2) is 13.7. The highest BCUT2D eigenvalue weighted by atomic mass is 28.3. The molecular formula is C56H47N3Si2. The van der Waals surface area contributed by atoms with Gasteiger partial charge in [0.2, 0.25) is 0 Å². The molecule has 0 atom stereocenters. The van der Waals surface area contributed by atoms with Crippen LogP contribution >= 0.6 is 0 Å². The topological polar surface area (TPSA) is 38.7 Å². The minimum atomic E-state index is -1.66. The zero-order valence-electron chi connectivity index (χ0n) is 35.6. The molecule has 2 aliphatic rings. The van der Waals surface area contributed by atoms with Crippen LogP contribution in [-0.2, 0) is 5.41 Å². The van der Waals surface area contributed by atoms with Crippen LogP contribution < -0.4 is 10.4 Å². The molecule has 0 bridgehead atoms. The average Bonchev–Trinajstić information content (AvgIpc) is 3.75. The Kier molecular flexibility index (Phi) is 8.44. The van der Waals surface area contributed by atoms with E-state index in [0.717, 1.165) is 33.5 Å². The van der Waals surface area contributed by atoms with Crippen molar-refractivity contribution in [2.24, 2.45) is 0 Å². The van der Waals surface area contributed by atoms with Crippen LogP contribution in [0.15, 0.2) is 176 Å². The van der Waals surface area contributed by atoms with Gasteiger partial charge in [-0.05, 0) is 72.5 Å². The van der Waals surface area contributed by atoms with Gasteiger partial charge in [0.1, 0.15) is 0 Å². The summed E-state index contributed by atoms with van der Waals surface area (Å²) in [6.07, 6.45) is 0. The summed E-state index contributed by atoms with van der Waals surface area (Å²) >= 11 is 0. The SMILES string of the molecule is C[Si](C)(C)c1cc(-c2nc(-c3ccc(-c4ccc5c(c4)C4(c6ccccc6-c6ccccc64)c4ccccc4-5)cc3)nc(-c3cccc4ccccc34)n2)cc([Si](C)(C)C)c1. The van der Waals surface area contributed by atoms with Crippen LogP contribution in [-0.4, -0.2) is 31.1 Å². The third kappa shape index (κ3) is 5.93. The molecule has 0 aliphatic heterocycles. The monoisotopic (exact) mass is 817 g/mol.